The highest BCUT2D eigenvalue weighted by atomic mass is 31.2. The molecule has 8 rings (SSSR count). The summed E-state index contributed by atoms with van der Waals surface area (Å²) in [7, 11) is -3.41. The largest absolute Gasteiger partial charge is 0.455 e. The maximum absolute atomic E-state index is 15.7. The minimum atomic E-state index is -3.41. The fourth-order valence-corrected chi connectivity index (χ4v) is 8.99. The SMILES string of the molecule is O=P1(c2ccccc2)N(c2ccccc2)c2ccc(-c3cccc4c3oc3ccccc34)cc2N1c1ccccc1. The second kappa shape index (κ2) is 9.26. The summed E-state index contributed by atoms with van der Waals surface area (Å²) in [5.74, 6) is 0. The molecule has 6 aromatic carbocycles. The van der Waals surface area contributed by atoms with E-state index in [1.165, 1.54) is 0 Å². The molecule has 0 fully saturated rings. The van der Waals surface area contributed by atoms with Crippen LogP contribution in [0, 0.1) is 0 Å². The number of hydrogen-bond acceptors (Lipinski definition) is 2. The fourth-order valence-electron chi connectivity index (χ4n) is 5.98. The Kier molecular flexibility index (Phi) is 5.38. The van der Waals surface area contributed by atoms with Crippen LogP contribution in [0.2, 0.25) is 0 Å². The van der Waals surface area contributed by atoms with Crippen molar-refractivity contribution in [2.24, 2.45) is 0 Å². The van der Waals surface area contributed by atoms with Crippen LogP contribution in [0.5, 0.6) is 0 Å². The van der Waals surface area contributed by atoms with E-state index in [-0.39, 0.29) is 0 Å². The topological polar surface area (TPSA) is 36.7 Å². The van der Waals surface area contributed by atoms with Gasteiger partial charge < -0.3 is 4.42 Å². The summed E-state index contributed by atoms with van der Waals surface area (Å²) >= 11 is 0. The molecule has 0 saturated heterocycles. The van der Waals surface area contributed by atoms with Crippen molar-refractivity contribution in [1.29, 1.82) is 0 Å². The predicted molar refractivity (Wildman–Crippen MR) is 170 cm³/mol. The first-order valence-corrected chi connectivity index (χ1v) is 15.3. The Balaban J connectivity index is 1.41. The minimum absolute atomic E-state index is 0.768. The maximum atomic E-state index is 15.7. The third-order valence-corrected chi connectivity index (χ3v) is 10.7. The van der Waals surface area contributed by atoms with E-state index in [2.05, 4.69) is 42.5 Å². The van der Waals surface area contributed by atoms with E-state index >= 15 is 4.57 Å². The molecule has 1 aliphatic rings. The summed E-state index contributed by atoms with van der Waals surface area (Å²) in [6, 6.07) is 50.6. The van der Waals surface area contributed by atoms with Crippen molar-refractivity contribution in [1.82, 2.24) is 0 Å². The zero-order valence-electron chi connectivity index (χ0n) is 22.1. The van der Waals surface area contributed by atoms with Crippen LogP contribution < -0.4 is 14.6 Å². The van der Waals surface area contributed by atoms with E-state index in [0.717, 1.165) is 61.1 Å². The summed E-state index contributed by atoms with van der Waals surface area (Å²) in [4.78, 5) is 0. The molecular formula is C36H25N2O2P. The molecular weight excluding hydrogens is 523 g/mol. The van der Waals surface area contributed by atoms with Gasteiger partial charge in [-0.3, -0.25) is 13.9 Å². The smallest absolute Gasteiger partial charge is 0.301 e. The van der Waals surface area contributed by atoms with Gasteiger partial charge in [0.15, 0.2) is 0 Å². The van der Waals surface area contributed by atoms with Gasteiger partial charge in [0, 0.05) is 27.7 Å². The molecule has 0 radical (unpaired) electrons. The molecule has 1 unspecified atom stereocenters. The third kappa shape index (κ3) is 3.58. The van der Waals surface area contributed by atoms with Gasteiger partial charge in [-0.15, -0.1) is 0 Å². The second-order valence-electron chi connectivity index (χ2n) is 10.2. The lowest BCUT2D eigenvalue weighted by Crippen LogP contribution is -2.26. The predicted octanol–water partition coefficient (Wildman–Crippen LogP) is 10.1. The molecule has 0 aliphatic carbocycles. The molecule has 0 amide bonds. The molecule has 196 valence electrons. The average molecular weight is 549 g/mol. The first-order valence-electron chi connectivity index (χ1n) is 13.7. The van der Waals surface area contributed by atoms with Crippen LogP contribution in [-0.4, -0.2) is 0 Å². The van der Waals surface area contributed by atoms with Crippen LogP contribution in [0.4, 0.5) is 22.7 Å². The lowest BCUT2D eigenvalue weighted by molar-refractivity contribution is 0.582. The molecule has 7 aromatic rings. The average Bonchev–Trinajstić information content (AvgIpc) is 3.55. The van der Waals surface area contributed by atoms with E-state index in [1.807, 2.05) is 119 Å². The summed E-state index contributed by atoms with van der Waals surface area (Å²) in [6.45, 7) is 0. The molecule has 1 atom stereocenters. The Morgan fingerprint density at radius 1 is 0.512 bits per heavy atom. The summed E-state index contributed by atoms with van der Waals surface area (Å²) in [6.07, 6.45) is 0. The van der Waals surface area contributed by atoms with Crippen LogP contribution >= 0.6 is 7.44 Å². The van der Waals surface area contributed by atoms with E-state index in [4.69, 9.17) is 4.42 Å². The molecule has 2 heterocycles. The van der Waals surface area contributed by atoms with E-state index < -0.39 is 7.44 Å². The molecule has 0 N–H and O–H groups in total. The number of para-hydroxylation sites is 4. The molecule has 0 spiro atoms. The molecule has 1 aromatic heterocycles. The van der Waals surface area contributed by atoms with Gasteiger partial charge in [-0.25, -0.2) is 0 Å². The number of anilines is 4. The van der Waals surface area contributed by atoms with E-state index in [1.54, 1.807) is 0 Å². The van der Waals surface area contributed by atoms with Crippen molar-refractivity contribution in [3.05, 3.63) is 152 Å². The van der Waals surface area contributed by atoms with Gasteiger partial charge >= 0.3 is 7.44 Å². The van der Waals surface area contributed by atoms with Crippen molar-refractivity contribution in [2.75, 3.05) is 9.34 Å². The summed E-state index contributed by atoms with van der Waals surface area (Å²) in [5.41, 5.74) is 7.26. The standard InChI is InChI=1S/C36H25N2O2P/c39-41(29-17-8-3-9-18-29)37(27-13-4-1-5-14-27)33-24-23-26(25-34(33)38(41)28-15-6-2-7-16-28)30-20-12-21-32-31-19-10-11-22-35(31)40-36(30)32/h1-25H. The lowest BCUT2D eigenvalue weighted by Gasteiger charge is -2.33. The van der Waals surface area contributed by atoms with Gasteiger partial charge in [-0.1, -0.05) is 97.1 Å². The lowest BCUT2D eigenvalue weighted by atomic mass is 10.0. The Morgan fingerprint density at radius 3 is 1.80 bits per heavy atom. The quantitative estimate of drug-likeness (QED) is 0.205. The van der Waals surface area contributed by atoms with Crippen LogP contribution in [0.25, 0.3) is 33.1 Å². The Bertz CT molecular complexity index is 2090. The highest BCUT2D eigenvalue weighted by Crippen LogP contribution is 2.70. The van der Waals surface area contributed by atoms with Crippen LogP contribution in [0.1, 0.15) is 0 Å². The number of benzene rings is 6. The number of fused-ring (bicyclic) bond motifs is 4. The third-order valence-electron chi connectivity index (χ3n) is 7.78. The maximum Gasteiger partial charge on any atom is 0.301 e. The summed E-state index contributed by atoms with van der Waals surface area (Å²) < 4.78 is 26.2. The molecule has 0 saturated carbocycles. The van der Waals surface area contributed by atoms with Crippen molar-refractivity contribution in [3.63, 3.8) is 0 Å². The first kappa shape index (κ1) is 23.8. The van der Waals surface area contributed by atoms with E-state index in [0.29, 0.717) is 0 Å². The van der Waals surface area contributed by atoms with Gasteiger partial charge in [-0.2, -0.15) is 0 Å². The van der Waals surface area contributed by atoms with Gasteiger partial charge in [0.2, 0.25) is 0 Å². The zero-order chi connectivity index (χ0) is 27.4. The monoisotopic (exact) mass is 548 g/mol. The Labute approximate surface area is 238 Å². The van der Waals surface area contributed by atoms with Crippen molar-refractivity contribution < 1.29 is 8.98 Å². The summed E-state index contributed by atoms with van der Waals surface area (Å²) in [5, 5.41) is 2.95. The number of nitrogens with zero attached hydrogens (tertiary/aromatic N) is 2. The number of furan rings is 1. The van der Waals surface area contributed by atoms with Gasteiger partial charge in [0.05, 0.1) is 16.7 Å². The second-order valence-corrected chi connectivity index (χ2v) is 12.6. The normalized spacial score (nSPS) is 16.4. The van der Waals surface area contributed by atoms with E-state index in [9.17, 15) is 0 Å². The molecule has 4 nitrogen and oxygen atoms in total. The highest BCUT2D eigenvalue weighted by molar-refractivity contribution is 7.76. The van der Waals surface area contributed by atoms with Crippen molar-refractivity contribution in [2.45, 2.75) is 0 Å². The number of rotatable bonds is 4. The fraction of sp³-hybridized carbons (Fsp3) is 0. The Morgan fingerprint density at radius 2 is 1.10 bits per heavy atom. The van der Waals surface area contributed by atoms with Crippen LogP contribution in [0.15, 0.2) is 156 Å². The highest BCUT2D eigenvalue weighted by Gasteiger charge is 2.49. The number of hydrogen-bond donors (Lipinski definition) is 0. The molecule has 0 bridgehead atoms. The Hall–Kier alpha value is -5.05. The molecule has 41 heavy (non-hydrogen) atoms. The van der Waals surface area contributed by atoms with Gasteiger partial charge in [0.25, 0.3) is 0 Å². The molecule has 1 aliphatic heterocycles. The van der Waals surface area contributed by atoms with Crippen LogP contribution in [-0.2, 0) is 4.57 Å². The van der Waals surface area contributed by atoms with Crippen molar-refractivity contribution in [3.8, 4) is 11.1 Å². The molecule has 5 heteroatoms. The van der Waals surface area contributed by atoms with Crippen LogP contribution in [0.3, 0.4) is 0 Å². The van der Waals surface area contributed by atoms with Crippen molar-refractivity contribution >= 4 is 57.4 Å². The first-order chi connectivity index (χ1) is 20.2. The van der Waals surface area contributed by atoms with Gasteiger partial charge in [0.1, 0.15) is 11.2 Å². The zero-order valence-corrected chi connectivity index (χ0v) is 23.0. The minimum Gasteiger partial charge on any atom is -0.455 e. The van der Waals surface area contributed by atoms with Gasteiger partial charge in [-0.05, 0) is 60.2 Å².